The number of ether oxygens (including phenoxy) is 1. The third-order valence-corrected chi connectivity index (χ3v) is 3.00. The van der Waals surface area contributed by atoms with Gasteiger partial charge in [-0.3, -0.25) is 0 Å². The molecule has 0 bridgehead atoms. The van der Waals surface area contributed by atoms with Crippen LogP contribution in [0.25, 0.3) is 0 Å². The molecule has 0 aliphatic heterocycles. The van der Waals surface area contributed by atoms with Gasteiger partial charge >= 0.3 is 6.09 Å². The van der Waals surface area contributed by atoms with Crippen molar-refractivity contribution < 1.29 is 9.53 Å². The van der Waals surface area contributed by atoms with Crippen LogP contribution in [0, 0.1) is 11.3 Å². The van der Waals surface area contributed by atoms with Crippen molar-refractivity contribution in [3.05, 3.63) is 0 Å². The lowest BCUT2D eigenvalue weighted by atomic mass is 10.1. The van der Waals surface area contributed by atoms with Crippen molar-refractivity contribution in [3.8, 4) is 0 Å². The van der Waals surface area contributed by atoms with Crippen molar-refractivity contribution in [1.29, 1.82) is 0 Å². The molecular weight excluding hydrogens is 192 g/mol. The van der Waals surface area contributed by atoms with Gasteiger partial charge in [0.2, 0.25) is 0 Å². The van der Waals surface area contributed by atoms with Crippen molar-refractivity contribution in [3.63, 3.8) is 0 Å². The number of amides is 1. The summed E-state index contributed by atoms with van der Waals surface area (Å²) in [7, 11) is 0. The Balaban J connectivity index is 2.25. The van der Waals surface area contributed by atoms with Crippen LogP contribution in [0.5, 0.6) is 0 Å². The van der Waals surface area contributed by atoms with E-state index in [0.717, 1.165) is 0 Å². The largest absolute Gasteiger partial charge is 0.444 e. The summed E-state index contributed by atoms with van der Waals surface area (Å²) in [6.45, 7) is 10.4. The van der Waals surface area contributed by atoms with Crippen molar-refractivity contribution >= 4 is 6.09 Å². The van der Waals surface area contributed by atoms with Gasteiger partial charge in [0.25, 0.3) is 0 Å². The van der Waals surface area contributed by atoms with Gasteiger partial charge < -0.3 is 15.8 Å². The maximum Gasteiger partial charge on any atom is 0.407 e. The number of hydrogen-bond donors (Lipinski definition) is 2. The topological polar surface area (TPSA) is 64.3 Å². The van der Waals surface area contributed by atoms with Crippen molar-refractivity contribution in [1.82, 2.24) is 5.32 Å². The lowest BCUT2D eigenvalue weighted by Gasteiger charge is -2.19. The van der Waals surface area contributed by atoms with Crippen LogP contribution in [0.15, 0.2) is 0 Å². The minimum absolute atomic E-state index is 0.148. The molecule has 1 aliphatic carbocycles. The lowest BCUT2D eigenvalue weighted by molar-refractivity contribution is 0.0523. The number of alkyl carbamates (subject to hydrolysis) is 1. The lowest BCUT2D eigenvalue weighted by Crippen LogP contribution is -2.34. The molecule has 1 fully saturated rings. The van der Waals surface area contributed by atoms with Crippen LogP contribution < -0.4 is 11.1 Å². The van der Waals surface area contributed by atoms with Gasteiger partial charge in [-0.2, -0.15) is 0 Å². The molecule has 0 aromatic rings. The van der Waals surface area contributed by atoms with Gasteiger partial charge in [-0.1, -0.05) is 13.8 Å². The van der Waals surface area contributed by atoms with E-state index in [0.29, 0.717) is 12.5 Å². The van der Waals surface area contributed by atoms with Crippen LogP contribution >= 0.6 is 0 Å². The molecule has 1 amide bonds. The summed E-state index contributed by atoms with van der Waals surface area (Å²) >= 11 is 0. The Morgan fingerprint density at radius 3 is 2.27 bits per heavy atom. The minimum atomic E-state index is -0.439. The molecule has 0 radical (unpaired) electrons. The standard InChI is InChI=1S/C11H22N2O2/c1-10(2,3)15-9(14)13-6-7-8(12)11(7,4)5/h7-8H,6,12H2,1-5H3,(H,13,14)/t7-,8-/m0/s1. The fraction of sp³-hybridized carbons (Fsp3) is 0.909. The van der Waals surface area contributed by atoms with Gasteiger partial charge in [-0.25, -0.2) is 4.79 Å². The van der Waals surface area contributed by atoms with E-state index < -0.39 is 5.60 Å². The van der Waals surface area contributed by atoms with E-state index in [4.69, 9.17) is 10.5 Å². The van der Waals surface area contributed by atoms with Gasteiger partial charge in [0.15, 0.2) is 0 Å². The highest BCUT2D eigenvalue weighted by molar-refractivity contribution is 5.67. The fourth-order valence-electron chi connectivity index (χ4n) is 1.68. The molecule has 4 heteroatoms. The molecule has 1 rings (SSSR count). The molecule has 0 aromatic carbocycles. The Labute approximate surface area is 91.5 Å². The van der Waals surface area contributed by atoms with Crippen LogP contribution in [-0.4, -0.2) is 24.3 Å². The molecule has 15 heavy (non-hydrogen) atoms. The molecule has 0 unspecified atom stereocenters. The predicted molar refractivity (Wildman–Crippen MR) is 59.5 cm³/mol. The van der Waals surface area contributed by atoms with E-state index in [1.807, 2.05) is 20.8 Å². The zero-order valence-electron chi connectivity index (χ0n) is 10.3. The second kappa shape index (κ2) is 3.67. The van der Waals surface area contributed by atoms with Crippen LogP contribution in [0.4, 0.5) is 4.79 Å². The summed E-state index contributed by atoms with van der Waals surface area (Å²) < 4.78 is 5.13. The normalized spacial score (nSPS) is 28.4. The van der Waals surface area contributed by atoms with Gasteiger partial charge in [-0.15, -0.1) is 0 Å². The predicted octanol–water partition coefficient (Wildman–Crippen LogP) is 1.49. The molecule has 0 heterocycles. The molecule has 3 N–H and O–H groups in total. The highest BCUT2D eigenvalue weighted by Crippen LogP contribution is 2.49. The van der Waals surface area contributed by atoms with Gasteiger partial charge in [0.05, 0.1) is 0 Å². The zero-order chi connectivity index (χ0) is 11.9. The van der Waals surface area contributed by atoms with Crippen molar-refractivity contribution in [2.45, 2.75) is 46.3 Å². The maximum absolute atomic E-state index is 11.3. The fourth-order valence-corrected chi connectivity index (χ4v) is 1.68. The van der Waals surface area contributed by atoms with Crippen molar-refractivity contribution in [2.24, 2.45) is 17.1 Å². The van der Waals surface area contributed by atoms with Gasteiger partial charge in [0.1, 0.15) is 5.60 Å². The number of nitrogens with two attached hydrogens (primary N) is 1. The Morgan fingerprint density at radius 1 is 1.47 bits per heavy atom. The number of hydrogen-bond acceptors (Lipinski definition) is 3. The van der Waals surface area contributed by atoms with Gasteiger partial charge in [-0.05, 0) is 32.1 Å². The highest BCUT2D eigenvalue weighted by atomic mass is 16.6. The summed E-state index contributed by atoms with van der Waals surface area (Å²) in [5.74, 6) is 0.366. The van der Waals surface area contributed by atoms with E-state index in [1.54, 1.807) is 0 Å². The average Bonchev–Trinajstić information content (AvgIpc) is 2.45. The molecule has 4 nitrogen and oxygen atoms in total. The molecule has 0 spiro atoms. The summed E-state index contributed by atoms with van der Waals surface area (Å²) in [5.41, 5.74) is 5.57. The summed E-state index contributed by atoms with van der Waals surface area (Å²) in [5, 5.41) is 2.75. The second-order valence-corrected chi connectivity index (χ2v) is 5.84. The first kappa shape index (κ1) is 12.3. The van der Waals surface area contributed by atoms with Crippen LogP contribution in [-0.2, 0) is 4.74 Å². The number of rotatable bonds is 2. The summed E-state index contributed by atoms with van der Waals surface area (Å²) in [6.07, 6.45) is -0.364. The Bertz CT molecular complexity index is 256. The van der Waals surface area contributed by atoms with E-state index in [1.165, 1.54) is 0 Å². The van der Waals surface area contributed by atoms with Crippen LogP contribution in [0.3, 0.4) is 0 Å². The monoisotopic (exact) mass is 214 g/mol. The number of nitrogens with one attached hydrogen (secondary N) is 1. The minimum Gasteiger partial charge on any atom is -0.444 e. The third kappa shape index (κ3) is 3.09. The first-order valence-corrected chi connectivity index (χ1v) is 5.37. The Hall–Kier alpha value is -0.770. The van der Waals surface area contributed by atoms with Crippen molar-refractivity contribution in [2.75, 3.05) is 6.54 Å². The van der Waals surface area contributed by atoms with Crippen LogP contribution in [0.1, 0.15) is 34.6 Å². The average molecular weight is 214 g/mol. The quantitative estimate of drug-likeness (QED) is 0.732. The van der Waals surface area contributed by atoms with E-state index >= 15 is 0 Å². The Morgan fingerprint density at radius 2 is 1.93 bits per heavy atom. The molecule has 88 valence electrons. The molecule has 1 aliphatic rings. The summed E-state index contributed by atoms with van der Waals surface area (Å²) in [6, 6.07) is 0.187. The molecule has 1 saturated carbocycles. The van der Waals surface area contributed by atoms with E-state index in [9.17, 15) is 4.79 Å². The maximum atomic E-state index is 11.3. The van der Waals surface area contributed by atoms with Crippen LogP contribution in [0.2, 0.25) is 0 Å². The number of carbonyl (C=O) groups excluding carboxylic acids is 1. The third-order valence-electron chi connectivity index (χ3n) is 3.00. The van der Waals surface area contributed by atoms with E-state index in [2.05, 4.69) is 19.2 Å². The molecule has 0 saturated heterocycles. The molecule has 2 atom stereocenters. The smallest absolute Gasteiger partial charge is 0.407 e. The first-order valence-electron chi connectivity index (χ1n) is 5.37. The first-order chi connectivity index (χ1) is 6.64. The Kier molecular flexibility index (Phi) is 3.01. The zero-order valence-corrected chi connectivity index (χ0v) is 10.3. The molecular formula is C11H22N2O2. The van der Waals surface area contributed by atoms with E-state index in [-0.39, 0.29) is 17.6 Å². The number of carbonyl (C=O) groups is 1. The SMILES string of the molecule is CC(C)(C)OC(=O)NC[C@H]1[C@H](N)C1(C)C. The molecule has 0 aromatic heterocycles. The summed E-state index contributed by atoms with van der Waals surface area (Å²) in [4.78, 5) is 11.3. The van der Waals surface area contributed by atoms with Gasteiger partial charge in [0, 0.05) is 12.6 Å². The highest BCUT2D eigenvalue weighted by Gasteiger charge is 2.55. The second-order valence-electron chi connectivity index (χ2n) is 5.84.